The van der Waals surface area contributed by atoms with Crippen LogP contribution in [0.3, 0.4) is 0 Å². The Morgan fingerprint density at radius 3 is 2.00 bits per heavy atom. The zero-order valence-electron chi connectivity index (χ0n) is 12.4. The molecule has 1 fully saturated rings. The fourth-order valence-electron chi connectivity index (χ4n) is 1.42. The first-order valence-corrected chi connectivity index (χ1v) is 13.4. The summed E-state index contributed by atoms with van der Waals surface area (Å²) in [5, 5.41) is 0.109. The third-order valence-corrected chi connectivity index (χ3v) is 11.0. The van der Waals surface area contributed by atoms with Gasteiger partial charge in [-0.05, 0) is 18.1 Å². The first kappa shape index (κ1) is 17.8. The third kappa shape index (κ3) is 5.59. The van der Waals surface area contributed by atoms with Gasteiger partial charge in [0.05, 0.1) is 12.4 Å². The lowest BCUT2D eigenvalue weighted by atomic mass is 10.2. The molecule has 1 saturated heterocycles. The van der Waals surface area contributed by atoms with Crippen molar-refractivity contribution in [1.29, 1.82) is 0 Å². The monoisotopic (exact) mass is 344 g/mol. The number of rotatable bonds is 4. The summed E-state index contributed by atoms with van der Waals surface area (Å²) in [6.45, 7) is 10.9. The molecule has 1 aliphatic rings. The summed E-state index contributed by atoms with van der Waals surface area (Å²) >= 11 is 0. The van der Waals surface area contributed by atoms with Crippen LogP contribution >= 0.6 is 21.6 Å². The Morgan fingerprint density at radius 2 is 1.58 bits per heavy atom. The predicted molar refractivity (Wildman–Crippen MR) is 86.7 cm³/mol. The summed E-state index contributed by atoms with van der Waals surface area (Å²) in [6, 6.07) is 0. The predicted octanol–water partition coefficient (Wildman–Crippen LogP) is 3.12. The molecule has 0 amide bonds. The highest BCUT2D eigenvalue weighted by molar-refractivity contribution is 8.76. The van der Waals surface area contributed by atoms with Gasteiger partial charge in [-0.1, -0.05) is 42.4 Å². The molecule has 0 aromatic rings. The SMILES string of the molecule is CC(C)(C)[Si](C)(C)OC1CSSC[C@H]1OS(C)(=O)=O. The number of hydrogen-bond acceptors (Lipinski definition) is 6. The van der Waals surface area contributed by atoms with E-state index in [2.05, 4.69) is 33.9 Å². The van der Waals surface area contributed by atoms with Gasteiger partial charge in [0.15, 0.2) is 8.32 Å². The summed E-state index contributed by atoms with van der Waals surface area (Å²) in [4.78, 5) is 0. The molecule has 4 nitrogen and oxygen atoms in total. The van der Waals surface area contributed by atoms with Crippen molar-refractivity contribution in [3.8, 4) is 0 Å². The van der Waals surface area contributed by atoms with E-state index in [1.54, 1.807) is 21.6 Å². The second-order valence-corrected chi connectivity index (χ2v) is 15.2. The quantitative estimate of drug-likeness (QED) is 0.444. The Kier molecular flexibility index (Phi) is 5.89. The van der Waals surface area contributed by atoms with Crippen molar-refractivity contribution in [3.05, 3.63) is 0 Å². The van der Waals surface area contributed by atoms with Gasteiger partial charge < -0.3 is 4.43 Å². The van der Waals surface area contributed by atoms with E-state index >= 15 is 0 Å². The zero-order chi connectivity index (χ0) is 14.9. The standard InChI is InChI=1S/C11H24O4S3Si/c1-11(2,3)19(5,6)15-10-8-17-16-7-9(10)14-18(4,12)13/h9-10H,7-8H2,1-6H3/t9-,10?/m1/s1. The molecule has 1 rings (SSSR count). The maximum atomic E-state index is 11.3. The smallest absolute Gasteiger partial charge is 0.264 e. The second kappa shape index (κ2) is 6.27. The molecule has 8 heteroatoms. The van der Waals surface area contributed by atoms with Crippen molar-refractivity contribution in [1.82, 2.24) is 0 Å². The Morgan fingerprint density at radius 1 is 1.11 bits per heavy atom. The molecular weight excluding hydrogens is 320 g/mol. The molecule has 2 atom stereocenters. The van der Waals surface area contributed by atoms with Crippen LogP contribution in [0.5, 0.6) is 0 Å². The molecule has 19 heavy (non-hydrogen) atoms. The van der Waals surface area contributed by atoms with E-state index in [0.29, 0.717) is 5.75 Å². The van der Waals surface area contributed by atoms with Gasteiger partial charge in [-0.25, -0.2) is 0 Å². The van der Waals surface area contributed by atoms with E-state index in [1.807, 2.05) is 0 Å². The molecule has 0 saturated carbocycles. The van der Waals surface area contributed by atoms with Crippen LogP contribution in [0.25, 0.3) is 0 Å². The average molecular weight is 345 g/mol. The summed E-state index contributed by atoms with van der Waals surface area (Å²) in [5.41, 5.74) is 0. The van der Waals surface area contributed by atoms with Gasteiger partial charge in [0.1, 0.15) is 6.10 Å². The molecule has 0 N–H and O–H groups in total. The second-order valence-electron chi connectivity index (χ2n) is 6.32. The van der Waals surface area contributed by atoms with Gasteiger partial charge in [-0.2, -0.15) is 8.42 Å². The third-order valence-electron chi connectivity index (χ3n) is 3.51. The van der Waals surface area contributed by atoms with E-state index in [4.69, 9.17) is 8.61 Å². The summed E-state index contributed by atoms with van der Waals surface area (Å²) < 4.78 is 34.2. The average Bonchev–Trinajstić information content (AvgIpc) is 2.16. The van der Waals surface area contributed by atoms with Gasteiger partial charge in [-0.15, -0.1) is 0 Å². The lowest BCUT2D eigenvalue weighted by molar-refractivity contribution is 0.0782. The fraction of sp³-hybridized carbons (Fsp3) is 1.00. The van der Waals surface area contributed by atoms with Gasteiger partial charge in [-0.3, -0.25) is 4.18 Å². The van der Waals surface area contributed by atoms with Crippen molar-refractivity contribution >= 4 is 40.0 Å². The first-order valence-electron chi connectivity index (χ1n) is 6.23. The van der Waals surface area contributed by atoms with Crippen LogP contribution in [0.4, 0.5) is 0 Å². The van der Waals surface area contributed by atoms with Gasteiger partial charge in [0, 0.05) is 11.5 Å². The lowest BCUT2D eigenvalue weighted by Gasteiger charge is -2.42. The highest BCUT2D eigenvalue weighted by Crippen LogP contribution is 2.41. The minimum Gasteiger partial charge on any atom is -0.410 e. The Hall–Kier alpha value is 0.787. The molecular formula is C11H24O4S3Si. The minimum absolute atomic E-state index is 0.109. The highest BCUT2D eigenvalue weighted by atomic mass is 33.1. The molecule has 1 unspecified atom stereocenters. The molecule has 0 aromatic heterocycles. The van der Waals surface area contributed by atoms with Crippen molar-refractivity contribution in [3.63, 3.8) is 0 Å². The largest absolute Gasteiger partial charge is 0.410 e. The summed E-state index contributed by atoms with van der Waals surface area (Å²) in [6.07, 6.45) is 0.597. The molecule has 0 aliphatic carbocycles. The van der Waals surface area contributed by atoms with Gasteiger partial charge in [0.2, 0.25) is 0 Å². The molecule has 1 heterocycles. The van der Waals surface area contributed by atoms with Gasteiger partial charge >= 0.3 is 0 Å². The van der Waals surface area contributed by atoms with Crippen molar-refractivity contribution in [2.45, 2.75) is 51.1 Å². The fourth-order valence-corrected chi connectivity index (χ4v) is 6.03. The highest BCUT2D eigenvalue weighted by Gasteiger charge is 2.42. The Balaban J connectivity index is 2.78. The molecule has 0 radical (unpaired) electrons. The topological polar surface area (TPSA) is 52.6 Å². The van der Waals surface area contributed by atoms with Crippen molar-refractivity contribution < 1.29 is 17.0 Å². The maximum Gasteiger partial charge on any atom is 0.264 e. The van der Waals surface area contributed by atoms with E-state index in [0.717, 1.165) is 12.0 Å². The van der Waals surface area contributed by atoms with Crippen LogP contribution in [0.2, 0.25) is 18.1 Å². The van der Waals surface area contributed by atoms with Gasteiger partial charge in [0.25, 0.3) is 10.1 Å². The minimum atomic E-state index is -3.43. The van der Waals surface area contributed by atoms with Crippen molar-refractivity contribution in [2.24, 2.45) is 0 Å². The van der Waals surface area contributed by atoms with Crippen LogP contribution < -0.4 is 0 Å². The van der Waals surface area contributed by atoms with Crippen molar-refractivity contribution in [2.75, 3.05) is 17.8 Å². The lowest BCUT2D eigenvalue weighted by Crippen LogP contribution is -2.50. The molecule has 0 bridgehead atoms. The molecule has 114 valence electrons. The normalized spacial score (nSPS) is 26.4. The molecule has 1 aliphatic heterocycles. The first-order chi connectivity index (χ1) is 8.42. The zero-order valence-corrected chi connectivity index (χ0v) is 15.9. The van der Waals surface area contributed by atoms with E-state index in [9.17, 15) is 8.42 Å². The summed E-state index contributed by atoms with van der Waals surface area (Å²) in [5.74, 6) is 1.42. The van der Waals surface area contributed by atoms with Crippen LogP contribution in [0.1, 0.15) is 20.8 Å². The van der Waals surface area contributed by atoms with Crippen LogP contribution in [0, 0.1) is 0 Å². The van der Waals surface area contributed by atoms with Crippen LogP contribution in [0.15, 0.2) is 0 Å². The Labute approximate surface area is 126 Å². The maximum absolute atomic E-state index is 11.3. The van der Waals surface area contributed by atoms with E-state index in [-0.39, 0.29) is 17.2 Å². The molecule has 0 aromatic carbocycles. The summed E-state index contributed by atoms with van der Waals surface area (Å²) in [7, 11) is -1.98. The van der Waals surface area contributed by atoms with Crippen LogP contribution in [-0.2, 0) is 18.7 Å². The number of hydrogen-bond donors (Lipinski definition) is 0. The van der Waals surface area contributed by atoms with Crippen LogP contribution in [-0.4, -0.2) is 46.7 Å². The Bertz CT molecular complexity index is 403. The molecule has 0 spiro atoms. The van der Waals surface area contributed by atoms with E-state index in [1.165, 1.54) is 0 Å². The van der Waals surface area contributed by atoms with E-state index < -0.39 is 18.4 Å².